The van der Waals surface area contributed by atoms with Gasteiger partial charge in [0.25, 0.3) is 0 Å². The average Bonchev–Trinajstić information content (AvgIpc) is 3.08. The molecule has 204 valence electrons. The lowest BCUT2D eigenvalue weighted by Gasteiger charge is -2.14. The first-order valence-corrected chi connectivity index (χ1v) is 14.2. The summed E-state index contributed by atoms with van der Waals surface area (Å²) in [5.41, 5.74) is 9.50. The number of rotatable bonds is 6. The van der Waals surface area contributed by atoms with E-state index in [0.29, 0.717) is 11.3 Å². The van der Waals surface area contributed by atoms with Gasteiger partial charge >= 0.3 is 7.12 Å². The molecule has 0 saturated heterocycles. The molecule has 0 saturated carbocycles. The van der Waals surface area contributed by atoms with Gasteiger partial charge in [0.1, 0.15) is 0 Å². The Bertz CT molecular complexity index is 2040. The van der Waals surface area contributed by atoms with E-state index in [2.05, 4.69) is 78.9 Å². The third-order valence-corrected chi connectivity index (χ3v) is 7.74. The maximum Gasteiger partial charge on any atom is 0.488 e. The van der Waals surface area contributed by atoms with Crippen molar-refractivity contribution >= 4 is 23.4 Å². The third kappa shape index (κ3) is 5.35. The Kier molecular flexibility index (Phi) is 7.09. The monoisotopic (exact) mass is 554 g/mol. The number of benzene rings is 6. The van der Waals surface area contributed by atoms with Gasteiger partial charge in [-0.25, -0.2) is 9.97 Å². The van der Waals surface area contributed by atoms with Crippen LogP contribution in [0, 0.1) is 0 Å². The first-order valence-electron chi connectivity index (χ1n) is 14.2. The molecule has 2 N–H and O–H groups in total. The van der Waals surface area contributed by atoms with Crippen LogP contribution in [0.1, 0.15) is 0 Å². The second-order valence-corrected chi connectivity index (χ2v) is 10.5. The number of nitrogens with zero attached hydrogens (tertiary/aromatic N) is 2. The van der Waals surface area contributed by atoms with Gasteiger partial charge in [-0.1, -0.05) is 140 Å². The summed E-state index contributed by atoms with van der Waals surface area (Å²) in [7, 11) is -1.49. The van der Waals surface area contributed by atoms with Crippen LogP contribution >= 0.6 is 0 Å². The minimum absolute atomic E-state index is 0.461. The molecule has 43 heavy (non-hydrogen) atoms. The van der Waals surface area contributed by atoms with Crippen LogP contribution in [0.3, 0.4) is 0 Å². The van der Waals surface area contributed by atoms with Gasteiger partial charge in [-0.05, 0) is 50.6 Å². The predicted molar refractivity (Wildman–Crippen MR) is 177 cm³/mol. The Hall–Kier alpha value is -5.36. The normalized spacial score (nSPS) is 11.0. The van der Waals surface area contributed by atoms with Crippen LogP contribution < -0.4 is 5.46 Å². The van der Waals surface area contributed by atoms with Crippen LogP contribution in [0.2, 0.25) is 0 Å². The topological polar surface area (TPSA) is 66.2 Å². The van der Waals surface area contributed by atoms with Gasteiger partial charge in [-0.15, -0.1) is 0 Å². The van der Waals surface area contributed by atoms with Crippen molar-refractivity contribution in [1.29, 1.82) is 0 Å². The van der Waals surface area contributed by atoms with Crippen LogP contribution in [0.4, 0.5) is 0 Å². The lowest BCUT2D eigenvalue weighted by Crippen LogP contribution is -2.29. The minimum Gasteiger partial charge on any atom is -0.423 e. The van der Waals surface area contributed by atoms with Crippen LogP contribution in [-0.4, -0.2) is 27.1 Å². The van der Waals surface area contributed by atoms with Gasteiger partial charge in [-0.2, -0.15) is 0 Å². The van der Waals surface area contributed by atoms with Crippen molar-refractivity contribution in [2.45, 2.75) is 0 Å². The van der Waals surface area contributed by atoms with E-state index in [4.69, 9.17) is 9.97 Å². The molecule has 7 rings (SSSR count). The molecule has 1 heterocycles. The second-order valence-electron chi connectivity index (χ2n) is 10.5. The van der Waals surface area contributed by atoms with Crippen LogP contribution in [0.5, 0.6) is 0 Å². The van der Waals surface area contributed by atoms with E-state index >= 15 is 0 Å². The lowest BCUT2D eigenvalue weighted by atomic mass is 9.79. The Morgan fingerprint density at radius 1 is 0.395 bits per heavy atom. The molecule has 0 aliphatic carbocycles. The standard InChI is InChI=1S/C38H27BN2O2/c42-39(43)31-20-18-27(19-21-31)32-22-23-35(34-17-8-7-16-33(32)34)37-25-36(40-38(41-37)28-12-5-2-6-13-28)30-15-9-14-29(24-30)26-10-3-1-4-11-26/h1-25,42-43H. The highest BCUT2D eigenvalue weighted by atomic mass is 16.4. The van der Waals surface area contributed by atoms with Gasteiger partial charge in [0.05, 0.1) is 11.4 Å². The summed E-state index contributed by atoms with van der Waals surface area (Å²) in [6, 6.07) is 50.9. The molecule has 6 aromatic carbocycles. The van der Waals surface area contributed by atoms with Crippen molar-refractivity contribution in [1.82, 2.24) is 9.97 Å². The summed E-state index contributed by atoms with van der Waals surface area (Å²) in [5, 5.41) is 21.3. The molecule has 0 aliphatic heterocycles. The molecule has 0 unspecified atom stereocenters. The summed E-state index contributed by atoms with van der Waals surface area (Å²) in [6.07, 6.45) is 0. The lowest BCUT2D eigenvalue weighted by molar-refractivity contribution is 0.426. The van der Waals surface area contributed by atoms with Crippen molar-refractivity contribution in [3.63, 3.8) is 0 Å². The largest absolute Gasteiger partial charge is 0.488 e. The summed E-state index contributed by atoms with van der Waals surface area (Å²) in [6.45, 7) is 0. The highest BCUT2D eigenvalue weighted by Crippen LogP contribution is 2.37. The zero-order valence-electron chi connectivity index (χ0n) is 23.3. The Morgan fingerprint density at radius 3 is 1.65 bits per heavy atom. The number of hydrogen-bond donors (Lipinski definition) is 2. The van der Waals surface area contributed by atoms with E-state index in [1.165, 1.54) is 0 Å². The van der Waals surface area contributed by atoms with Gasteiger partial charge in [0.2, 0.25) is 0 Å². The molecular formula is C38H27BN2O2. The van der Waals surface area contributed by atoms with Gasteiger partial charge < -0.3 is 10.0 Å². The summed E-state index contributed by atoms with van der Waals surface area (Å²) >= 11 is 0. The summed E-state index contributed by atoms with van der Waals surface area (Å²) in [5.74, 6) is 0.671. The number of fused-ring (bicyclic) bond motifs is 1. The molecule has 5 heteroatoms. The van der Waals surface area contributed by atoms with Crippen LogP contribution in [-0.2, 0) is 0 Å². The highest BCUT2D eigenvalue weighted by Gasteiger charge is 2.16. The van der Waals surface area contributed by atoms with E-state index in [0.717, 1.165) is 61.1 Å². The SMILES string of the molecule is OB(O)c1ccc(-c2ccc(-c3cc(-c4cccc(-c5ccccc5)c4)nc(-c4ccccc4)n3)c3ccccc23)cc1. The number of hydrogen-bond acceptors (Lipinski definition) is 4. The molecule has 7 aromatic rings. The molecule has 0 amide bonds. The summed E-state index contributed by atoms with van der Waals surface area (Å²) < 4.78 is 0. The van der Waals surface area contributed by atoms with Gasteiger partial charge in [0.15, 0.2) is 5.82 Å². The Morgan fingerprint density at radius 2 is 0.953 bits per heavy atom. The Labute approximate surface area is 250 Å². The second kappa shape index (κ2) is 11.5. The number of aromatic nitrogens is 2. The molecule has 0 spiro atoms. The summed E-state index contributed by atoms with van der Waals surface area (Å²) in [4.78, 5) is 10.1. The molecule has 0 fully saturated rings. The fourth-order valence-electron chi connectivity index (χ4n) is 5.55. The fourth-order valence-corrected chi connectivity index (χ4v) is 5.55. The zero-order valence-corrected chi connectivity index (χ0v) is 23.3. The van der Waals surface area contributed by atoms with Crippen molar-refractivity contribution in [3.05, 3.63) is 152 Å². The molecule has 0 aliphatic rings. The highest BCUT2D eigenvalue weighted by molar-refractivity contribution is 6.58. The smallest absolute Gasteiger partial charge is 0.423 e. The first kappa shape index (κ1) is 26.5. The van der Waals surface area contributed by atoms with E-state index in [-0.39, 0.29) is 0 Å². The van der Waals surface area contributed by atoms with Crippen molar-refractivity contribution in [3.8, 4) is 56.2 Å². The maximum absolute atomic E-state index is 9.55. The molecule has 0 bridgehead atoms. The molecule has 0 radical (unpaired) electrons. The van der Waals surface area contributed by atoms with Gasteiger partial charge in [-0.3, -0.25) is 0 Å². The van der Waals surface area contributed by atoms with Gasteiger partial charge in [0, 0.05) is 16.7 Å². The molecule has 1 aromatic heterocycles. The van der Waals surface area contributed by atoms with Crippen molar-refractivity contribution < 1.29 is 10.0 Å². The minimum atomic E-state index is -1.49. The van der Waals surface area contributed by atoms with E-state index in [1.807, 2.05) is 60.7 Å². The van der Waals surface area contributed by atoms with E-state index in [9.17, 15) is 10.0 Å². The average molecular weight is 554 g/mol. The fraction of sp³-hybridized carbons (Fsp3) is 0. The Balaban J connectivity index is 1.40. The first-order chi connectivity index (χ1) is 21.1. The van der Waals surface area contributed by atoms with Crippen molar-refractivity contribution in [2.75, 3.05) is 0 Å². The molecule has 4 nitrogen and oxygen atoms in total. The van der Waals surface area contributed by atoms with E-state index in [1.54, 1.807) is 12.1 Å². The van der Waals surface area contributed by atoms with Crippen LogP contribution in [0.25, 0.3) is 66.9 Å². The predicted octanol–water partition coefficient (Wildman–Crippen LogP) is 7.64. The molecule has 0 atom stereocenters. The zero-order chi connectivity index (χ0) is 29.2. The van der Waals surface area contributed by atoms with E-state index < -0.39 is 7.12 Å². The van der Waals surface area contributed by atoms with Crippen molar-refractivity contribution in [2.24, 2.45) is 0 Å². The third-order valence-electron chi connectivity index (χ3n) is 7.74. The quantitative estimate of drug-likeness (QED) is 0.207. The van der Waals surface area contributed by atoms with Crippen LogP contribution in [0.15, 0.2) is 152 Å². The molecular weight excluding hydrogens is 527 g/mol. The maximum atomic E-state index is 9.55.